The minimum atomic E-state index is 0.550. The zero-order chi connectivity index (χ0) is 10.2. The van der Waals surface area contributed by atoms with Crippen LogP contribution in [0.3, 0.4) is 0 Å². The van der Waals surface area contributed by atoms with Gasteiger partial charge in [-0.3, -0.25) is 0 Å². The van der Waals surface area contributed by atoms with Crippen LogP contribution in [0.25, 0.3) is 6.08 Å². The molecule has 0 fully saturated rings. The molecule has 0 heterocycles. The van der Waals surface area contributed by atoms with Gasteiger partial charge < -0.3 is 4.74 Å². The van der Waals surface area contributed by atoms with Crippen LogP contribution in [0.5, 0.6) is 5.75 Å². The lowest BCUT2D eigenvalue weighted by Crippen LogP contribution is -1.94. The second kappa shape index (κ2) is 6.50. The Morgan fingerprint density at radius 1 is 1.29 bits per heavy atom. The Labute approximate surface area is 90.3 Å². The maximum Gasteiger partial charge on any atom is 0.119 e. The lowest BCUT2D eigenvalue weighted by molar-refractivity contribution is 0.317. The van der Waals surface area contributed by atoms with Crippen molar-refractivity contribution < 1.29 is 4.74 Å². The molecule has 0 amide bonds. The molecule has 76 valence electrons. The van der Waals surface area contributed by atoms with Crippen LogP contribution in [0.2, 0.25) is 0 Å². The number of halogens is 1. The third-order valence-electron chi connectivity index (χ3n) is 1.75. The minimum Gasteiger partial charge on any atom is -0.494 e. The molecule has 0 aliphatic carbocycles. The number of ether oxygens (including phenoxy) is 1. The predicted molar refractivity (Wildman–Crippen MR) is 62.0 cm³/mol. The number of allylic oxidation sites excluding steroid dienone is 1. The van der Waals surface area contributed by atoms with E-state index in [2.05, 4.69) is 6.92 Å². The lowest BCUT2D eigenvalue weighted by atomic mass is 10.2. The highest BCUT2D eigenvalue weighted by Gasteiger charge is 1.91. The maximum absolute atomic E-state index is 5.54. The number of hydrogen-bond acceptors (Lipinski definition) is 1. The molecule has 0 saturated heterocycles. The maximum atomic E-state index is 5.54. The Bertz CT molecular complexity index is 277. The molecule has 0 aliphatic heterocycles. The van der Waals surface area contributed by atoms with Crippen molar-refractivity contribution in [3.63, 3.8) is 0 Å². The lowest BCUT2D eigenvalue weighted by Gasteiger charge is -2.03. The molecule has 0 spiro atoms. The first-order valence-corrected chi connectivity index (χ1v) is 5.35. The van der Waals surface area contributed by atoms with Gasteiger partial charge in [0.1, 0.15) is 5.75 Å². The highest BCUT2D eigenvalue weighted by atomic mass is 35.5. The number of rotatable bonds is 5. The average molecular weight is 211 g/mol. The topological polar surface area (TPSA) is 9.23 Å². The van der Waals surface area contributed by atoms with Gasteiger partial charge in [0.2, 0.25) is 0 Å². The van der Waals surface area contributed by atoms with E-state index in [0.717, 1.165) is 24.3 Å². The molecular formula is C12H15ClO. The largest absolute Gasteiger partial charge is 0.494 e. The van der Waals surface area contributed by atoms with E-state index in [1.807, 2.05) is 36.4 Å². The SMILES string of the molecule is CCCOc1ccc(C=CCCl)cc1. The summed E-state index contributed by atoms with van der Waals surface area (Å²) in [4.78, 5) is 0. The second-order valence-electron chi connectivity index (χ2n) is 2.97. The Hall–Kier alpha value is -0.950. The molecule has 1 rings (SSSR count). The Kier molecular flexibility index (Phi) is 5.16. The molecule has 0 unspecified atom stereocenters. The predicted octanol–water partition coefficient (Wildman–Crippen LogP) is 3.73. The molecule has 0 bridgehead atoms. The van der Waals surface area contributed by atoms with Crippen LogP contribution in [0.1, 0.15) is 18.9 Å². The first kappa shape index (κ1) is 11.1. The van der Waals surface area contributed by atoms with E-state index in [4.69, 9.17) is 16.3 Å². The van der Waals surface area contributed by atoms with Crippen LogP contribution in [0.15, 0.2) is 30.3 Å². The fraction of sp³-hybridized carbons (Fsp3) is 0.333. The molecular weight excluding hydrogens is 196 g/mol. The van der Waals surface area contributed by atoms with E-state index in [1.165, 1.54) is 0 Å². The van der Waals surface area contributed by atoms with Crippen LogP contribution in [-0.2, 0) is 0 Å². The van der Waals surface area contributed by atoms with Crippen molar-refractivity contribution in [2.75, 3.05) is 12.5 Å². The van der Waals surface area contributed by atoms with E-state index in [0.29, 0.717) is 5.88 Å². The van der Waals surface area contributed by atoms with Crippen molar-refractivity contribution >= 4 is 17.7 Å². The molecule has 0 atom stereocenters. The molecule has 1 aromatic carbocycles. The molecule has 0 saturated carbocycles. The molecule has 1 aromatic rings. The number of hydrogen-bond donors (Lipinski definition) is 0. The van der Waals surface area contributed by atoms with Gasteiger partial charge in [-0.25, -0.2) is 0 Å². The highest BCUT2D eigenvalue weighted by molar-refractivity contribution is 6.19. The van der Waals surface area contributed by atoms with Crippen LogP contribution in [0, 0.1) is 0 Å². The summed E-state index contributed by atoms with van der Waals surface area (Å²) in [5.74, 6) is 1.48. The van der Waals surface area contributed by atoms with E-state index < -0.39 is 0 Å². The smallest absolute Gasteiger partial charge is 0.119 e. The van der Waals surface area contributed by atoms with E-state index >= 15 is 0 Å². The van der Waals surface area contributed by atoms with Gasteiger partial charge in [-0.15, -0.1) is 11.6 Å². The normalized spacial score (nSPS) is 10.7. The van der Waals surface area contributed by atoms with Gasteiger partial charge in [-0.1, -0.05) is 31.2 Å². The molecule has 2 heteroatoms. The molecule has 0 N–H and O–H groups in total. The zero-order valence-corrected chi connectivity index (χ0v) is 9.13. The zero-order valence-electron chi connectivity index (χ0n) is 8.37. The first-order chi connectivity index (χ1) is 6.86. The summed E-state index contributed by atoms with van der Waals surface area (Å²) < 4.78 is 5.46. The van der Waals surface area contributed by atoms with Crippen molar-refractivity contribution in [1.82, 2.24) is 0 Å². The van der Waals surface area contributed by atoms with Crippen molar-refractivity contribution in [2.45, 2.75) is 13.3 Å². The Morgan fingerprint density at radius 2 is 2.00 bits per heavy atom. The summed E-state index contributed by atoms with van der Waals surface area (Å²) in [6, 6.07) is 8.00. The van der Waals surface area contributed by atoms with Gasteiger partial charge in [0.05, 0.1) is 6.61 Å². The van der Waals surface area contributed by atoms with Gasteiger partial charge >= 0.3 is 0 Å². The van der Waals surface area contributed by atoms with Crippen LogP contribution in [0.4, 0.5) is 0 Å². The summed E-state index contributed by atoms with van der Waals surface area (Å²) in [6.45, 7) is 2.87. The summed E-state index contributed by atoms with van der Waals surface area (Å²) in [7, 11) is 0. The molecule has 0 radical (unpaired) electrons. The van der Waals surface area contributed by atoms with Gasteiger partial charge in [0, 0.05) is 5.88 Å². The summed E-state index contributed by atoms with van der Waals surface area (Å²) in [5, 5.41) is 0. The molecule has 14 heavy (non-hydrogen) atoms. The monoisotopic (exact) mass is 210 g/mol. The van der Waals surface area contributed by atoms with E-state index in [1.54, 1.807) is 0 Å². The third-order valence-corrected chi connectivity index (χ3v) is 1.93. The van der Waals surface area contributed by atoms with Crippen molar-refractivity contribution in [3.8, 4) is 5.75 Å². The Morgan fingerprint density at radius 3 is 2.57 bits per heavy atom. The quantitative estimate of drug-likeness (QED) is 0.673. The Balaban J connectivity index is 2.54. The van der Waals surface area contributed by atoms with Gasteiger partial charge in [0.15, 0.2) is 0 Å². The van der Waals surface area contributed by atoms with Crippen LogP contribution in [-0.4, -0.2) is 12.5 Å². The van der Waals surface area contributed by atoms with Crippen molar-refractivity contribution in [3.05, 3.63) is 35.9 Å². The van der Waals surface area contributed by atoms with Crippen LogP contribution >= 0.6 is 11.6 Å². The molecule has 0 aromatic heterocycles. The van der Waals surface area contributed by atoms with Gasteiger partial charge in [0.25, 0.3) is 0 Å². The second-order valence-corrected chi connectivity index (χ2v) is 3.28. The van der Waals surface area contributed by atoms with Crippen LogP contribution < -0.4 is 4.74 Å². The first-order valence-electron chi connectivity index (χ1n) is 4.82. The fourth-order valence-electron chi connectivity index (χ4n) is 1.08. The fourth-order valence-corrected chi connectivity index (χ4v) is 1.16. The number of benzene rings is 1. The number of alkyl halides is 1. The highest BCUT2D eigenvalue weighted by Crippen LogP contribution is 2.13. The van der Waals surface area contributed by atoms with Crippen molar-refractivity contribution in [1.29, 1.82) is 0 Å². The van der Waals surface area contributed by atoms with Gasteiger partial charge in [-0.2, -0.15) is 0 Å². The molecule has 0 aliphatic rings. The summed E-state index contributed by atoms with van der Waals surface area (Å²) in [6.07, 6.45) is 4.95. The van der Waals surface area contributed by atoms with Crippen molar-refractivity contribution in [2.24, 2.45) is 0 Å². The van der Waals surface area contributed by atoms with E-state index in [-0.39, 0.29) is 0 Å². The summed E-state index contributed by atoms with van der Waals surface area (Å²) in [5.41, 5.74) is 1.15. The van der Waals surface area contributed by atoms with E-state index in [9.17, 15) is 0 Å². The average Bonchev–Trinajstić information content (AvgIpc) is 2.25. The molecule has 1 nitrogen and oxygen atoms in total. The minimum absolute atomic E-state index is 0.550. The van der Waals surface area contributed by atoms with Gasteiger partial charge in [-0.05, 0) is 24.1 Å². The summed E-state index contributed by atoms with van der Waals surface area (Å²) >= 11 is 5.54. The third kappa shape index (κ3) is 3.84. The standard InChI is InChI=1S/C12H15ClO/c1-2-10-14-12-7-5-11(6-8-12)4-3-9-13/h3-8H,2,9-10H2,1H3.